The highest BCUT2D eigenvalue weighted by Gasteiger charge is 2.22. The van der Waals surface area contributed by atoms with E-state index in [4.69, 9.17) is 9.47 Å². The smallest absolute Gasteiger partial charge is 0.259 e. The Kier molecular flexibility index (Phi) is 6.91. The van der Waals surface area contributed by atoms with Crippen molar-refractivity contribution >= 4 is 5.91 Å². The third-order valence-electron chi connectivity index (χ3n) is 5.25. The van der Waals surface area contributed by atoms with Crippen molar-refractivity contribution in [1.82, 2.24) is 19.8 Å². The first-order valence-electron chi connectivity index (χ1n) is 10.6. The Morgan fingerprint density at radius 3 is 2.72 bits per heavy atom. The van der Waals surface area contributed by atoms with Crippen molar-refractivity contribution in [2.75, 3.05) is 32.8 Å². The SMILES string of the molecule is CCN1CCN(Cc2cncc(F)c2)CCOc2ccccc2Oc2ncccc2C1=O. The molecule has 3 heterocycles. The molecule has 1 aromatic carbocycles. The average Bonchev–Trinajstić information content (AvgIpc) is 2.81. The molecule has 0 N–H and O–H groups in total. The Bertz CT molecular complexity index is 1080. The molecule has 166 valence electrons. The van der Waals surface area contributed by atoms with Gasteiger partial charge in [0.2, 0.25) is 5.88 Å². The largest absolute Gasteiger partial charge is 0.488 e. The second-order valence-corrected chi connectivity index (χ2v) is 7.43. The molecule has 32 heavy (non-hydrogen) atoms. The van der Waals surface area contributed by atoms with Crippen LogP contribution in [0, 0.1) is 5.82 Å². The number of rotatable bonds is 3. The van der Waals surface area contributed by atoms with Crippen molar-refractivity contribution in [2.24, 2.45) is 0 Å². The van der Waals surface area contributed by atoms with Gasteiger partial charge < -0.3 is 14.4 Å². The fourth-order valence-corrected chi connectivity index (χ4v) is 3.58. The third kappa shape index (κ3) is 5.20. The summed E-state index contributed by atoms with van der Waals surface area (Å²) in [4.78, 5) is 25.4. The van der Waals surface area contributed by atoms with Gasteiger partial charge >= 0.3 is 0 Å². The molecule has 1 aliphatic heterocycles. The van der Waals surface area contributed by atoms with Crippen LogP contribution in [0.3, 0.4) is 0 Å². The van der Waals surface area contributed by atoms with Gasteiger partial charge in [-0.2, -0.15) is 0 Å². The minimum atomic E-state index is -0.370. The second-order valence-electron chi connectivity index (χ2n) is 7.43. The summed E-state index contributed by atoms with van der Waals surface area (Å²) in [7, 11) is 0. The number of fused-ring (bicyclic) bond motifs is 2. The lowest BCUT2D eigenvalue weighted by Gasteiger charge is -2.27. The number of ether oxygens (including phenoxy) is 2. The molecule has 0 saturated carbocycles. The van der Waals surface area contributed by atoms with Crippen LogP contribution < -0.4 is 9.47 Å². The molecule has 0 spiro atoms. The number of amides is 1. The normalized spacial score (nSPS) is 15.3. The van der Waals surface area contributed by atoms with Gasteiger partial charge in [0.1, 0.15) is 18.0 Å². The first-order valence-corrected chi connectivity index (χ1v) is 10.6. The number of aromatic nitrogens is 2. The van der Waals surface area contributed by atoms with Gasteiger partial charge in [-0.3, -0.25) is 14.7 Å². The Labute approximate surface area is 186 Å². The van der Waals surface area contributed by atoms with Gasteiger partial charge in [-0.1, -0.05) is 12.1 Å². The Morgan fingerprint density at radius 2 is 1.91 bits per heavy atom. The molecule has 1 aliphatic rings. The van der Waals surface area contributed by atoms with Crippen LogP contribution in [0.2, 0.25) is 0 Å². The Morgan fingerprint density at radius 1 is 1.06 bits per heavy atom. The molecule has 0 atom stereocenters. The molecule has 7 nitrogen and oxygen atoms in total. The summed E-state index contributed by atoms with van der Waals surface area (Å²) in [6.07, 6.45) is 4.43. The number of carbonyl (C=O) groups excluding carboxylic acids is 1. The number of para-hydroxylation sites is 2. The predicted octanol–water partition coefficient (Wildman–Crippen LogP) is 3.76. The fraction of sp³-hybridized carbons (Fsp3) is 0.292. The molecule has 0 aliphatic carbocycles. The van der Waals surface area contributed by atoms with E-state index in [0.29, 0.717) is 56.4 Å². The maximum atomic E-state index is 13.6. The van der Waals surface area contributed by atoms with Crippen LogP contribution in [-0.2, 0) is 6.54 Å². The van der Waals surface area contributed by atoms with Gasteiger partial charge in [-0.25, -0.2) is 9.37 Å². The van der Waals surface area contributed by atoms with Crippen molar-refractivity contribution in [3.05, 3.63) is 78.0 Å². The molecule has 0 bridgehead atoms. The number of halogens is 1. The summed E-state index contributed by atoms with van der Waals surface area (Å²) in [5.74, 6) is 0.777. The van der Waals surface area contributed by atoms with E-state index < -0.39 is 0 Å². The van der Waals surface area contributed by atoms with E-state index >= 15 is 0 Å². The first kappa shape index (κ1) is 21.7. The Balaban J connectivity index is 1.64. The second kappa shape index (κ2) is 10.2. The number of nitrogens with zero attached hydrogens (tertiary/aromatic N) is 4. The monoisotopic (exact) mass is 436 g/mol. The van der Waals surface area contributed by atoms with Gasteiger partial charge in [-0.05, 0) is 42.8 Å². The molecule has 0 fully saturated rings. The van der Waals surface area contributed by atoms with Gasteiger partial charge in [0, 0.05) is 45.1 Å². The minimum absolute atomic E-state index is 0.152. The van der Waals surface area contributed by atoms with Crippen molar-refractivity contribution in [1.29, 1.82) is 0 Å². The van der Waals surface area contributed by atoms with Crippen molar-refractivity contribution in [2.45, 2.75) is 13.5 Å². The van der Waals surface area contributed by atoms with Crippen molar-refractivity contribution < 1.29 is 18.7 Å². The lowest BCUT2D eigenvalue weighted by atomic mass is 10.2. The maximum absolute atomic E-state index is 13.6. The van der Waals surface area contributed by atoms with Gasteiger partial charge in [0.15, 0.2) is 11.5 Å². The van der Waals surface area contributed by atoms with E-state index in [-0.39, 0.29) is 17.6 Å². The van der Waals surface area contributed by atoms with E-state index in [9.17, 15) is 9.18 Å². The summed E-state index contributed by atoms with van der Waals surface area (Å²) < 4.78 is 25.6. The van der Waals surface area contributed by atoms with Crippen LogP contribution in [0.5, 0.6) is 17.4 Å². The molecule has 4 rings (SSSR count). The van der Waals surface area contributed by atoms with Crippen LogP contribution in [0.1, 0.15) is 22.8 Å². The van der Waals surface area contributed by atoms with Crippen molar-refractivity contribution in [3.8, 4) is 17.4 Å². The predicted molar refractivity (Wildman–Crippen MR) is 117 cm³/mol. The highest BCUT2D eigenvalue weighted by atomic mass is 19.1. The zero-order valence-electron chi connectivity index (χ0n) is 17.9. The highest BCUT2D eigenvalue weighted by molar-refractivity contribution is 5.96. The molecule has 0 unspecified atom stereocenters. The van der Waals surface area contributed by atoms with E-state index in [0.717, 1.165) is 5.56 Å². The topological polar surface area (TPSA) is 67.8 Å². The molecule has 8 heteroatoms. The number of hydrogen-bond acceptors (Lipinski definition) is 6. The van der Waals surface area contributed by atoms with E-state index in [1.165, 1.54) is 12.3 Å². The number of hydrogen-bond donors (Lipinski definition) is 0. The van der Waals surface area contributed by atoms with Crippen LogP contribution in [0.25, 0.3) is 0 Å². The van der Waals surface area contributed by atoms with Gasteiger partial charge in [0.25, 0.3) is 5.91 Å². The average molecular weight is 436 g/mol. The molecule has 3 aromatic rings. The van der Waals surface area contributed by atoms with Crippen LogP contribution in [0.15, 0.2) is 61.1 Å². The molecule has 0 radical (unpaired) electrons. The standard InChI is InChI=1S/C24H25FN4O3/c1-2-29-11-10-28(17-18-14-19(25)16-26-15-18)12-13-31-21-7-3-4-8-22(21)32-23-20(24(29)30)6-5-9-27-23/h3-9,14-16H,2,10-13,17H2,1H3. The first-order chi connectivity index (χ1) is 15.6. The van der Waals surface area contributed by atoms with Crippen molar-refractivity contribution in [3.63, 3.8) is 0 Å². The quantitative estimate of drug-likeness (QED) is 0.623. The van der Waals surface area contributed by atoms with Gasteiger partial charge in [-0.15, -0.1) is 0 Å². The number of carbonyl (C=O) groups is 1. The van der Waals surface area contributed by atoms with E-state index in [1.54, 1.807) is 35.5 Å². The lowest BCUT2D eigenvalue weighted by molar-refractivity contribution is 0.0736. The number of pyridine rings is 2. The number of likely N-dealkylation sites (N-methyl/N-ethyl adjacent to an activating group) is 1. The Hall–Kier alpha value is -3.52. The summed E-state index contributed by atoms with van der Waals surface area (Å²) >= 11 is 0. The third-order valence-corrected chi connectivity index (χ3v) is 5.25. The lowest BCUT2D eigenvalue weighted by Crippen LogP contribution is -2.39. The number of benzene rings is 1. The molecule has 1 amide bonds. The van der Waals surface area contributed by atoms with Crippen LogP contribution in [0.4, 0.5) is 4.39 Å². The summed E-state index contributed by atoms with van der Waals surface area (Å²) in [5, 5.41) is 0. The molecule has 2 aromatic heterocycles. The van der Waals surface area contributed by atoms with E-state index in [2.05, 4.69) is 14.9 Å². The fourth-order valence-electron chi connectivity index (χ4n) is 3.58. The maximum Gasteiger partial charge on any atom is 0.259 e. The molecular formula is C24H25FN4O3. The van der Waals surface area contributed by atoms with Crippen LogP contribution >= 0.6 is 0 Å². The molecular weight excluding hydrogens is 411 g/mol. The molecule has 0 saturated heterocycles. The van der Waals surface area contributed by atoms with E-state index in [1.807, 2.05) is 25.1 Å². The summed E-state index contributed by atoms with van der Waals surface area (Å²) in [5.41, 5.74) is 1.16. The summed E-state index contributed by atoms with van der Waals surface area (Å²) in [6, 6.07) is 12.2. The van der Waals surface area contributed by atoms with Crippen LogP contribution in [-0.4, -0.2) is 58.5 Å². The highest BCUT2D eigenvalue weighted by Crippen LogP contribution is 2.32. The summed E-state index contributed by atoms with van der Waals surface area (Å²) in [6.45, 7) is 5.05. The minimum Gasteiger partial charge on any atom is -0.488 e. The zero-order chi connectivity index (χ0) is 22.3. The van der Waals surface area contributed by atoms with Gasteiger partial charge in [0.05, 0.1) is 6.20 Å². The zero-order valence-corrected chi connectivity index (χ0v) is 17.9.